The van der Waals surface area contributed by atoms with Gasteiger partial charge in [-0.15, -0.1) is 10.2 Å². The number of hydrogen-bond acceptors (Lipinski definition) is 4. The maximum absolute atomic E-state index is 13.6. The molecule has 1 aromatic heterocycles. The molecule has 0 spiro atoms. The molecule has 0 saturated heterocycles. The van der Waals surface area contributed by atoms with Gasteiger partial charge in [0.1, 0.15) is 11.6 Å². The van der Waals surface area contributed by atoms with Crippen LogP contribution in [0.1, 0.15) is 21.6 Å². The third-order valence-corrected chi connectivity index (χ3v) is 3.73. The Hall–Kier alpha value is -3.35. The molecule has 7 heteroatoms. The van der Waals surface area contributed by atoms with Gasteiger partial charge in [0.15, 0.2) is 11.5 Å². The lowest BCUT2D eigenvalue weighted by Crippen LogP contribution is -2.15. The molecule has 0 saturated carbocycles. The number of carbonyl (C=O) groups is 1. The third kappa shape index (κ3) is 4.00. The van der Waals surface area contributed by atoms with Crippen LogP contribution in [0.5, 0.6) is 0 Å². The zero-order valence-corrected chi connectivity index (χ0v) is 14.2. The lowest BCUT2D eigenvalue weighted by molar-refractivity contribution is 0.102. The van der Waals surface area contributed by atoms with E-state index >= 15 is 0 Å². The van der Waals surface area contributed by atoms with Crippen molar-refractivity contribution in [1.29, 1.82) is 0 Å². The van der Waals surface area contributed by atoms with Crippen LogP contribution < -0.4 is 10.6 Å². The fourth-order valence-corrected chi connectivity index (χ4v) is 2.31. The third-order valence-electron chi connectivity index (χ3n) is 3.73. The normalized spacial score (nSPS) is 10.5. The van der Waals surface area contributed by atoms with Gasteiger partial charge >= 0.3 is 0 Å². The minimum atomic E-state index is -0.747. The Kier molecular flexibility index (Phi) is 4.88. The molecule has 0 aliphatic carbocycles. The number of nitrogens with one attached hydrogen (secondary N) is 2. The second-order valence-electron chi connectivity index (χ2n) is 5.83. The lowest BCUT2D eigenvalue weighted by atomic mass is 10.1. The highest BCUT2D eigenvalue weighted by molar-refractivity contribution is 6.03. The summed E-state index contributed by atoms with van der Waals surface area (Å²) in [4.78, 5) is 12.3. The van der Waals surface area contributed by atoms with Crippen molar-refractivity contribution in [3.05, 3.63) is 77.0 Å². The molecule has 0 atom stereocenters. The highest BCUT2D eigenvalue weighted by atomic mass is 19.1. The number of nitrogens with zero attached hydrogens (tertiary/aromatic N) is 2. The molecule has 0 unspecified atom stereocenters. The van der Waals surface area contributed by atoms with Gasteiger partial charge in [-0.25, -0.2) is 8.78 Å². The summed E-state index contributed by atoms with van der Waals surface area (Å²) < 4.78 is 26.6. The van der Waals surface area contributed by atoms with E-state index in [9.17, 15) is 13.6 Å². The second kappa shape index (κ2) is 7.26. The van der Waals surface area contributed by atoms with E-state index in [1.54, 1.807) is 0 Å². The van der Waals surface area contributed by atoms with Crippen LogP contribution in [0.2, 0.25) is 0 Å². The molecular formula is C19H16F2N4O. The number of aryl methyl sites for hydroxylation is 2. The largest absolute Gasteiger partial charge is 0.336 e. The second-order valence-corrected chi connectivity index (χ2v) is 5.83. The maximum Gasteiger partial charge on any atom is 0.276 e. The van der Waals surface area contributed by atoms with Crippen molar-refractivity contribution in [2.75, 3.05) is 10.6 Å². The minimum Gasteiger partial charge on any atom is -0.336 e. The van der Waals surface area contributed by atoms with Gasteiger partial charge in [0.05, 0.1) is 5.69 Å². The van der Waals surface area contributed by atoms with Crippen LogP contribution in [0.15, 0.2) is 48.5 Å². The molecule has 2 N–H and O–H groups in total. The number of anilines is 3. The average molecular weight is 354 g/mol. The standard InChI is InChI=1S/C19H16F2N4O/c1-11-3-4-12(2)17(9-11)23-19(26)16-7-8-18(25-24-16)22-15-6-5-13(20)10-14(15)21/h3-10H,1-2H3,(H,22,25)(H,23,26). The summed E-state index contributed by atoms with van der Waals surface area (Å²) in [6.07, 6.45) is 0. The number of carbonyl (C=O) groups excluding carboxylic acids is 1. The van der Waals surface area contributed by atoms with Gasteiger partial charge in [-0.05, 0) is 55.3 Å². The van der Waals surface area contributed by atoms with Crippen LogP contribution in [0.25, 0.3) is 0 Å². The first-order chi connectivity index (χ1) is 12.4. The van der Waals surface area contributed by atoms with Crippen molar-refractivity contribution in [3.8, 4) is 0 Å². The fraction of sp³-hybridized carbons (Fsp3) is 0.105. The Morgan fingerprint density at radius 2 is 1.73 bits per heavy atom. The Morgan fingerprint density at radius 3 is 2.42 bits per heavy atom. The Labute approximate surface area is 149 Å². The van der Waals surface area contributed by atoms with Gasteiger partial charge in [-0.1, -0.05) is 12.1 Å². The predicted molar refractivity (Wildman–Crippen MR) is 95.5 cm³/mol. The van der Waals surface area contributed by atoms with Crippen molar-refractivity contribution in [3.63, 3.8) is 0 Å². The smallest absolute Gasteiger partial charge is 0.276 e. The molecule has 3 aromatic rings. The van der Waals surface area contributed by atoms with E-state index in [0.29, 0.717) is 5.69 Å². The molecule has 26 heavy (non-hydrogen) atoms. The summed E-state index contributed by atoms with van der Waals surface area (Å²) in [5, 5.41) is 13.2. The highest BCUT2D eigenvalue weighted by Crippen LogP contribution is 2.20. The van der Waals surface area contributed by atoms with Crippen LogP contribution in [0.3, 0.4) is 0 Å². The molecule has 132 valence electrons. The summed E-state index contributed by atoms with van der Waals surface area (Å²) in [6, 6.07) is 11.9. The van der Waals surface area contributed by atoms with Gasteiger partial charge in [0.2, 0.25) is 0 Å². The van der Waals surface area contributed by atoms with Gasteiger partial charge in [0, 0.05) is 11.8 Å². The van der Waals surface area contributed by atoms with E-state index < -0.39 is 17.5 Å². The Morgan fingerprint density at radius 1 is 0.923 bits per heavy atom. The molecule has 1 amide bonds. The van der Waals surface area contributed by atoms with E-state index in [1.165, 1.54) is 18.2 Å². The molecular weight excluding hydrogens is 338 g/mol. The van der Waals surface area contributed by atoms with E-state index in [1.807, 2.05) is 32.0 Å². The van der Waals surface area contributed by atoms with E-state index in [0.717, 1.165) is 23.3 Å². The Bertz CT molecular complexity index is 958. The number of hydrogen-bond donors (Lipinski definition) is 2. The zero-order chi connectivity index (χ0) is 18.7. The monoisotopic (exact) mass is 354 g/mol. The van der Waals surface area contributed by atoms with Gasteiger partial charge in [0.25, 0.3) is 5.91 Å². The summed E-state index contributed by atoms with van der Waals surface area (Å²) in [6.45, 7) is 3.83. The lowest BCUT2D eigenvalue weighted by Gasteiger charge is -2.09. The van der Waals surface area contributed by atoms with Crippen LogP contribution in [-0.4, -0.2) is 16.1 Å². The first-order valence-electron chi connectivity index (χ1n) is 7.87. The van der Waals surface area contributed by atoms with Gasteiger partial charge < -0.3 is 10.6 Å². The molecule has 0 aliphatic rings. The van der Waals surface area contributed by atoms with E-state index in [4.69, 9.17) is 0 Å². The SMILES string of the molecule is Cc1ccc(C)c(NC(=O)c2ccc(Nc3ccc(F)cc3F)nn2)c1. The van der Waals surface area contributed by atoms with Crippen molar-refractivity contribution in [1.82, 2.24) is 10.2 Å². The van der Waals surface area contributed by atoms with Crippen LogP contribution >= 0.6 is 0 Å². The van der Waals surface area contributed by atoms with Crippen LogP contribution in [0, 0.1) is 25.5 Å². The number of rotatable bonds is 4. The maximum atomic E-state index is 13.6. The van der Waals surface area contributed by atoms with E-state index in [-0.39, 0.29) is 17.2 Å². The summed E-state index contributed by atoms with van der Waals surface area (Å²) in [5.74, 6) is -1.58. The number of amides is 1. The zero-order valence-electron chi connectivity index (χ0n) is 14.2. The van der Waals surface area contributed by atoms with Crippen molar-refractivity contribution >= 4 is 23.1 Å². The minimum absolute atomic E-state index is 0.0632. The van der Waals surface area contributed by atoms with Crippen molar-refractivity contribution < 1.29 is 13.6 Å². The average Bonchev–Trinajstić information content (AvgIpc) is 2.61. The molecule has 0 aliphatic heterocycles. The number of halogens is 2. The quantitative estimate of drug-likeness (QED) is 0.730. The van der Waals surface area contributed by atoms with E-state index in [2.05, 4.69) is 20.8 Å². The number of benzene rings is 2. The molecule has 5 nitrogen and oxygen atoms in total. The summed E-state index contributed by atoms with van der Waals surface area (Å²) >= 11 is 0. The summed E-state index contributed by atoms with van der Waals surface area (Å²) in [5.41, 5.74) is 2.84. The number of aromatic nitrogens is 2. The van der Waals surface area contributed by atoms with Crippen molar-refractivity contribution in [2.45, 2.75) is 13.8 Å². The molecule has 1 heterocycles. The fourth-order valence-electron chi connectivity index (χ4n) is 2.31. The molecule has 0 radical (unpaired) electrons. The van der Waals surface area contributed by atoms with Gasteiger partial charge in [-0.2, -0.15) is 0 Å². The van der Waals surface area contributed by atoms with Crippen LogP contribution in [-0.2, 0) is 0 Å². The predicted octanol–water partition coefficient (Wildman–Crippen LogP) is 4.37. The molecule has 0 bridgehead atoms. The van der Waals surface area contributed by atoms with Gasteiger partial charge in [-0.3, -0.25) is 4.79 Å². The molecule has 2 aromatic carbocycles. The topological polar surface area (TPSA) is 66.9 Å². The molecule has 3 rings (SSSR count). The van der Waals surface area contributed by atoms with Crippen LogP contribution in [0.4, 0.5) is 26.0 Å². The highest BCUT2D eigenvalue weighted by Gasteiger charge is 2.11. The first-order valence-corrected chi connectivity index (χ1v) is 7.87. The summed E-state index contributed by atoms with van der Waals surface area (Å²) in [7, 11) is 0. The first kappa shape index (κ1) is 17.5. The molecule has 0 fully saturated rings. The Balaban J connectivity index is 1.72. The van der Waals surface area contributed by atoms with Crippen molar-refractivity contribution in [2.24, 2.45) is 0 Å².